The van der Waals surface area contributed by atoms with Gasteiger partial charge in [0.15, 0.2) is 0 Å². The molecule has 2 heterocycles. The average Bonchev–Trinajstić information content (AvgIpc) is 2.46. The van der Waals surface area contributed by atoms with Gasteiger partial charge in [-0.1, -0.05) is 22.4 Å². The van der Waals surface area contributed by atoms with Crippen LogP contribution < -0.4 is 5.73 Å². The zero-order valence-electron chi connectivity index (χ0n) is 12.4. The molecule has 2 aliphatic rings. The van der Waals surface area contributed by atoms with Gasteiger partial charge in [0.25, 0.3) is 5.91 Å². The lowest BCUT2D eigenvalue weighted by Crippen LogP contribution is -2.60. The van der Waals surface area contributed by atoms with E-state index in [1.807, 2.05) is 17.0 Å². The number of benzene rings is 1. The minimum Gasteiger partial charge on any atom is -0.398 e. The molecule has 4 nitrogen and oxygen atoms in total. The molecular formula is C16H22BrN3O. The summed E-state index contributed by atoms with van der Waals surface area (Å²) in [5.74, 6) is 0.0673. The van der Waals surface area contributed by atoms with Crippen molar-refractivity contribution in [2.24, 2.45) is 0 Å². The molecule has 0 spiro atoms. The fraction of sp³-hybridized carbons (Fsp3) is 0.562. The summed E-state index contributed by atoms with van der Waals surface area (Å²) < 4.78 is 0.904. The van der Waals surface area contributed by atoms with E-state index in [0.717, 1.165) is 17.6 Å². The number of hydrogen-bond acceptors (Lipinski definition) is 3. The second-order valence-corrected chi connectivity index (χ2v) is 7.10. The molecule has 21 heavy (non-hydrogen) atoms. The van der Waals surface area contributed by atoms with Crippen molar-refractivity contribution in [2.75, 3.05) is 25.4 Å². The fourth-order valence-electron chi connectivity index (χ4n) is 3.52. The highest BCUT2D eigenvalue weighted by molar-refractivity contribution is 9.10. The number of amides is 1. The largest absolute Gasteiger partial charge is 0.398 e. The van der Waals surface area contributed by atoms with Crippen LogP contribution in [0, 0.1) is 0 Å². The Bertz CT molecular complexity index is 548. The van der Waals surface area contributed by atoms with Crippen molar-refractivity contribution in [3.63, 3.8) is 0 Å². The Kier molecular flexibility index (Phi) is 4.22. The van der Waals surface area contributed by atoms with E-state index in [0.29, 0.717) is 17.3 Å². The number of halogens is 1. The highest BCUT2D eigenvalue weighted by Crippen LogP contribution is 2.27. The third-order valence-electron chi connectivity index (χ3n) is 4.69. The number of carbonyl (C=O) groups is 1. The Hall–Kier alpha value is -1.07. The summed E-state index contributed by atoms with van der Waals surface area (Å²) in [7, 11) is 0. The Morgan fingerprint density at radius 3 is 2.90 bits per heavy atom. The Labute approximate surface area is 134 Å². The van der Waals surface area contributed by atoms with Gasteiger partial charge in [-0.05, 0) is 44.5 Å². The van der Waals surface area contributed by atoms with Gasteiger partial charge in [0.1, 0.15) is 0 Å². The van der Waals surface area contributed by atoms with Gasteiger partial charge in [0.2, 0.25) is 0 Å². The molecule has 114 valence electrons. The first-order chi connectivity index (χ1) is 10.1. The molecule has 1 aromatic rings. The smallest absolute Gasteiger partial charge is 0.256 e. The summed E-state index contributed by atoms with van der Waals surface area (Å²) in [5.41, 5.74) is 7.19. The van der Waals surface area contributed by atoms with E-state index in [4.69, 9.17) is 5.73 Å². The Morgan fingerprint density at radius 1 is 1.33 bits per heavy atom. The molecule has 2 fully saturated rings. The number of carbonyl (C=O) groups excluding carboxylic acids is 1. The lowest BCUT2D eigenvalue weighted by Gasteiger charge is -2.47. The molecule has 3 rings (SSSR count). The zero-order valence-corrected chi connectivity index (χ0v) is 14.0. The van der Waals surface area contributed by atoms with Crippen LogP contribution in [0.2, 0.25) is 0 Å². The molecule has 1 aromatic carbocycles. The average molecular weight is 352 g/mol. The van der Waals surface area contributed by atoms with Gasteiger partial charge >= 0.3 is 0 Å². The molecule has 0 saturated carbocycles. The normalized spacial score (nSPS) is 26.5. The van der Waals surface area contributed by atoms with E-state index in [2.05, 4.69) is 27.8 Å². The summed E-state index contributed by atoms with van der Waals surface area (Å²) in [6.45, 7) is 5.12. The van der Waals surface area contributed by atoms with Crippen molar-refractivity contribution >= 4 is 27.5 Å². The van der Waals surface area contributed by atoms with Gasteiger partial charge in [-0.2, -0.15) is 0 Å². The molecule has 2 unspecified atom stereocenters. The van der Waals surface area contributed by atoms with Gasteiger partial charge in [0.05, 0.1) is 5.56 Å². The molecule has 0 aliphatic carbocycles. The van der Waals surface area contributed by atoms with Gasteiger partial charge in [-0.25, -0.2) is 0 Å². The molecule has 0 bridgehead atoms. The SMILES string of the molecule is CC1CN2CCCCC2CN1C(=O)c1ccc(Br)cc1N. The van der Waals surface area contributed by atoms with Gasteiger partial charge < -0.3 is 10.6 Å². The lowest BCUT2D eigenvalue weighted by atomic mass is 9.96. The first kappa shape index (κ1) is 14.9. The number of piperidine rings is 1. The van der Waals surface area contributed by atoms with Crippen LogP contribution in [-0.2, 0) is 0 Å². The molecular weight excluding hydrogens is 330 g/mol. The number of nitrogens with two attached hydrogens (primary N) is 1. The summed E-state index contributed by atoms with van der Waals surface area (Å²) in [6, 6.07) is 6.27. The number of hydrogen-bond donors (Lipinski definition) is 1. The van der Waals surface area contributed by atoms with Crippen molar-refractivity contribution in [1.82, 2.24) is 9.80 Å². The standard InChI is InChI=1S/C16H22BrN3O/c1-11-9-19-7-3-2-4-13(19)10-20(11)16(21)14-6-5-12(17)8-15(14)18/h5-6,8,11,13H,2-4,7,9-10,18H2,1H3. The summed E-state index contributed by atoms with van der Waals surface area (Å²) in [5, 5.41) is 0. The maximum Gasteiger partial charge on any atom is 0.256 e. The molecule has 1 amide bonds. The molecule has 0 radical (unpaired) electrons. The zero-order chi connectivity index (χ0) is 15.0. The molecule has 2 saturated heterocycles. The monoisotopic (exact) mass is 351 g/mol. The predicted octanol–water partition coefficient (Wildman–Crippen LogP) is 2.73. The molecule has 2 atom stereocenters. The quantitative estimate of drug-likeness (QED) is 0.791. The van der Waals surface area contributed by atoms with E-state index in [-0.39, 0.29) is 11.9 Å². The summed E-state index contributed by atoms with van der Waals surface area (Å²) in [4.78, 5) is 17.4. The number of fused-ring (bicyclic) bond motifs is 1. The van der Waals surface area contributed by atoms with E-state index >= 15 is 0 Å². The third kappa shape index (κ3) is 2.94. The van der Waals surface area contributed by atoms with Crippen LogP contribution in [0.5, 0.6) is 0 Å². The highest BCUT2D eigenvalue weighted by Gasteiger charge is 2.35. The van der Waals surface area contributed by atoms with Gasteiger partial charge in [-0.15, -0.1) is 0 Å². The minimum atomic E-state index is 0.0673. The van der Waals surface area contributed by atoms with Crippen LogP contribution in [0.4, 0.5) is 5.69 Å². The van der Waals surface area contributed by atoms with Crippen molar-refractivity contribution in [1.29, 1.82) is 0 Å². The van der Waals surface area contributed by atoms with Gasteiger partial charge in [-0.3, -0.25) is 9.69 Å². The number of piperazine rings is 1. The van der Waals surface area contributed by atoms with E-state index < -0.39 is 0 Å². The van der Waals surface area contributed by atoms with Crippen molar-refractivity contribution in [3.8, 4) is 0 Å². The number of anilines is 1. The number of rotatable bonds is 1. The summed E-state index contributed by atoms with van der Waals surface area (Å²) >= 11 is 3.39. The second kappa shape index (κ2) is 5.97. The summed E-state index contributed by atoms with van der Waals surface area (Å²) in [6.07, 6.45) is 3.77. The first-order valence-corrected chi connectivity index (χ1v) is 8.45. The van der Waals surface area contributed by atoms with Gasteiger partial charge in [0, 0.05) is 35.3 Å². The molecule has 2 aliphatic heterocycles. The van der Waals surface area contributed by atoms with E-state index in [1.165, 1.54) is 25.8 Å². The fourth-order valence-corrected chi connectivity index (χ4v) is 3.90. The first-order valence-electron chi connectivity index (χ1n) is 7.66. The van der Waals surface area contributed by atoms with Crippen molar-refractivity contribution in [3.05, 3.63) is 28.2 Å². The molecule has 0 aromatic heterocycles. The maximum atomic E-state index is 12.8. The van der Waals surface area contributed by atoms with Crippen LogP contribution in [0.1, 0.15) is 36.5 Å². The topological polar surface area (TPSA) is 49.6 Å². The minimum absolute atomic E-state index is 0.0673. The number of nitrogens with zero attached hydrogens (tertiary/aromatic N) is 2. The lowest BCUT2D eigenvalue weighted by molar-refractivity contribution is 0.0152. The number of nitrogen functional groups attached to an aromatic ring is 1. The third-order valence-corrected chi connectivity index (χ3v) is 5.19. The van der Waals surface area contributed by atoms with Crippen LogP contribution >= 0.6 is 15.9 Å². The van der Waals surface area contributed by atoms with Crippen LogP contribution in [0.15, 0.2) is 22.7 Å². The maximum absolute atomic E-state index is 12.8. The van der Waals surface area contributed by atoms with Crippen molar-refractivity contribution in [2.45, 2.75) is 38.3 Å². The Morgan fingerprint density at radius 2 is 2.14 bits per heavy atom. The van der Waals surface area contributed by atoms with Crippen molar-refractivity contribution < 1.29 is 4.79 Å². The van der Waals surface area contributed by atoms with Crippen LogP contribution in [-0.4, -0.2) is 47.4 Å². The van der Waals surface area contributed by atoms with E-state index in [9.17, 15) is 4.79 Å². The Balaban J connectivity index is 1.80. The van der Waals surface area contributed by atoms with Crippen LogP contribution in [0.25, 0.3) is 0 Å². The van der Waals surface area contributed by atoms with Crippen LogP contribution in [0.3, 0.4) is 0 Å². The second-order valence-electron chi connectivity index (χ2n) is 6.18. The molecule has 2 N–H and O–H groups in total. The van der Waals surface area contributed by atoms with E-state index in [1.54, 1.807) is 6.07 Å². The highest BCUT2D eigenvalue weighted by atomic mass is 79.9. The molecule has 5 heteroatoms. The predicted molar refractivity (Wildman–Crippen MR) is 88.3 cm³/mol.